The number of amides is 1. The number of nitro groups is 1. The lowest BCUT2D eigenvalue weighted by molar-refractivity contribution is -0.384. The van der Waals surface area contributed by atoms with Gasteiger partial charge in [-0.25, -0.2) is 4.39 Å². The fraction of sp³-hybridized carbons (Fsp3) is 0.0588. The molecule has 1 amide bonds. The molecular weight excluding hydrogens is 443 g/mol. The molecular formula is C17H11BrClFN4O3. The van der Waals surface area contributed by atoms with Gasteiger partial charge >= 0.3 is 0 Å². The Balaban J connectivity index is 1.80. The van der Waals surface area contributed by atoms with Crippen LogP contribution in [0.2, 0.25) is 5.02 Å². The smallest absolute Gasteiger partial charge is 0.270 e. The minimum absolute atomic E-state index is 0.0663. The van der Waals surface area contributed by atoms with E-state index in [0.717, 1.165) is 0 Å². The third kappa shape index (κ3) is 4.32. The van der Waals surface area contributed by atoms with Crippen LogP contribution in [0.5, 0.6) is 0 Å². The van der Waals surface area contributed by atoms with E-state index in [1.165, 1.54) is 41.1 Å². The Kier molecular flexibility index (Phi) is 5.52. The van der Waals surface area contributed by atoms with Crippen molar-refractivity contribution in [2.24, 2.45) is 0 Å². The lowest BCUT2D eigenvalue weighted by atomic mass is 10.2. The Morgan fingerprint density at radius 2 is 2.07 bits per heavy atom. The molecule has 0 aliphatic rings. The van der Waals surface area contributed by atoms with Gasteiger partial charge < -0.3 is 5.32 Å². The summed E-state index contributed by atoms with van der Waals surface area (Å²) in [6.45, 7) is 0.0663. The molecule has 1 heterocycles. The summed E-state index contributed by atoms with van der Waals surface area (Å²) in [5.74, 6) is -0.830. The predicted octanol–water partition coefficient (Wildman–Crippen LogP) is 4.65. The highest BCUT2D eigenvalue weighted by Crippen LogP contribution is 2.24. The van der Waals surface area contributed by atoms with E-state index in [4.69, 9.17) is 11.6 Å². The van der Waals surface area contributed by atoms with Crippen molar-refractivity contribution in [1.82, 2.24) is 9.78 Å². The van der Waals surface area contributed by atoms with Gasteiger partial charge in [-0.05, 0) is 34.1 Å². The first-order valence-corrected chi connectivity index (χ1v) is 8.74. The van der Waals surface area contributed by atoms with Crippen LogP contribution in [0.25, 0.3) is 0 Å². The maximum Gasteiger partial charge on any atom is 0.270 e. The number of anilines is 1. The Labute approximate surface area is 166 Å². The number of hydrogen-bond donors (Lipinski definition) is 1. The Morgan fingerprint density at radius 1 is 1.33 bits per heavy atom. The van der Waals surface area contributed by atoms with Gasteiger partial charge in [-0.2, -0.15) is 5.10 Å². The van der Waals surface area contributed by atoms with Crippen LogP contribution in [0.3, 0.4) is 0 Å². The van der Waals surface area contributed by atoms with Crippen LogP contribution in [0, 0.1) is 15.9 Å². The van der Waals surface area contributed by atoms with Gasteiger partial charge in [0.15, 0.2) is 5.82 Å². The van der Waals surface area contributed by atoms with Crippen molar-refractivity contribution >= 4 is 44.9 Å². The van der Waals surface area contributed by atoms with Gasteiger partial charge in [0.1, 0.15) is 5.82 Å². The lowest BCUT2D eigenvalue weighted by Crippen LogP contribution is -2.13. The maximum atomic E-state index is 13.9. The fourth-order valence-electron chi connectivity index (χ4n) is 2.35. The second kappa shape index (κ2) is 7.85. The Morgan fingerprint density at radius 3 is 2.78 bits per heavy atom. The van der Waals surface area contributed by atoms with Crippen LogP contribution in [0.1, 0.15) is 15.9 Å². The number of non-ortho nitro benzene ring substituents is 1. The molecule has 0 atom stereocenters. The average Bonchev–Trinajstić information content (AvgIpc) is 2.97. The van der Waals surface area contributed by atoms with Crippen molar-refractivity contribution in [2.45, 2.75) is 6.54 Å². The number of carbonyl (C=O) groups is 1. The van der Waals surface area contributed by atoms with Gasteiger partial charge in [-0.15, -0.1) is 0 Å². The molecule has 27 heavy (non-hydrogen) atoms. The standard InChI is InChI=1S/C17H11BrClFN4O3/c18-13-9-23(8-12-14(19)5-2-6-15(12)20)22-16(13)21-17(25)10-3-1-4-11(7-10)24(26)27/h1-7,9H,8H2,(H,21,22,25). The third-order valence-corrected chi connectivity index (χ3v) is 4.58. The SMILES string of the molecule is O=C(Nc1nn(Cc2c(F)cccc2Cl)cc1Br)c1cccc([N+](=O)[O-])c1. The van der Waals surface area contributed by atoms with Crippen molar-refractivity contribution in [3.63, 3.8) is 0 Å². The molecule has 10 heteroatoms. The van der Waals surface area contributed by atoms with Crippen molar-refractivity contribution in [1.29, 1.82) is 0 Å². The van der Waals surface area contributed by atoms with E-state index in [9.17, 15) is 19.3 Å². The summed E-state index contributed by atoms with van der Waals surface area (Å²) in [6, 6.07) is 9.70. The molecule has 0 aliphatic heterocycles. The number of nitrogens with zero attached hydrogens (tertiary/aromatic N) is 3. The molecule has 1 aromatic heterocycles. The zero-order chi connectivity index (χ0) is 19.6. The van der Waals surface area contributed by atoms with Gasteiger partial charge in [-0.3, -0.25) is 19.6 Å². The quantitative estimate of drug-likeness (QED) is 0.450. The summed E-state index contributed by atoms with van der Waals surface area (Å²) in [5, 5.41) is 17.8. The molecule has 7 nitrogen and oxygen atoms in total. The first kappa shape index (κ1) is 19.0. The van der Waals surface area contributed by atoms with Gasteiger partial charge in [-0.1, -0.05) is 23.7 Å². The normalized spacial score (nSPS) is 10.6. The molecule has 3 rings (SSSR count). The molecule has 3 aromatic rings. The van der Waals surface area contributed by atoms with E-state index in [1.807, 2.05) is 0 Å². The second-order valence-corrected chi connectivity index (χ2v) is 6.75. The van der Waals surface area contributed by atoms with Crippen LogP contribution in [-0.4, -0.2) is 20.6 Å². The fourth-order valence-corrected chi connectivity index (χ4v) is 2.99. The van der Waals surface area contributed by atoms with Gasteiger partial charge in [0, 0.05) is 34.5 Å². The third-order valence-electron chi connectivity index (χ3n) is 3.65. The van der Waals surface area contributed by atoms with Gasteiger partial charge in [0.25, 0.3) is 11.6 Å². The number of benzene rings is 2. The summed E-state index contributed by atoms with van der Waals surface area (Å²) in [5.41, 5.74) is 0.190. The molecule has 0 unspecified atom stereocenters. The minimum Gasteiger partial charge on any atom is -0.304 e. The van der Waals surface area contributed by atoms with Crippen molar-refractivity contribution in [3.05, 3.63) is 85.2 Å². The van der Waals surface area contributed by atoms with E-state index in [1.54, 1.807) is 12.3 Å². The largest absolute Gasteiger partial charge is 0.304 e. The zero-order valence-corrected chi connectivity index (χ0v) is 15.9. The van der Waals surface area contributed by atoms with E-state index >= 15 is 0 Å². The van der Waals surface area contributed by atoms with E-state index < -0.39 is 16.6 Å². The molecule has 138 valence electrons. The van der Waals surface area contributed by atoms with Crippen molar-refractivity contribution in [3.8, 4) is 0 Å². The maximum absolute atomic E-state index is 13.9. The number of nitro benzene ring substituents is 1. The van der Waals surface area contributed by atoms with Gasteiger partial charge in [0.2, 0.25) is 0 Å². The van der Waals surface area contributed by atoms with E-state index in [2.05, 4.69) is 26.3 Å². The first-order valence-electron chi connectivity index (χ1n) is 7.57. The highest BCUT2D eigenvalue weighted by Gasteiger charge is 2.16. The molecule has 2 aromatic carbocycles. The summed E-state index contributed by atoms with van der Waals surface area (Å²) in [7, 11) is 0. The second-order valence-electron chi connectivity index (χ2n) is 5.48. The number of halogens is 3. The monoisotopic (exact) mass is 452 g/mol. The number of nitrogens with one attached hydrogen (secondary N) is 1. The van der Waals surface area contributed by atoms with Gasteiger partial charge in [0.05, 0.1) is 15.9 Å². The summed E-state index contributed by atoms with van der Waals surface area (Å²) < 4.78 is 15.8. The Hall–Kier alpha value is -2.78. The molecule has 0 aliphatic carbocycles. The van der Waals surface area contributed by atoms with Crippen LogP contribution >= 0.6 is 27.5 Å². The Bertz CT molecular complexity index is 1020. The average molecular weight is 454 g/mol. The van der Waals surface area contributed by atoms with Crippen molar-refractivity contribution < 1.29 is 14.1 Å². The molecule has 0 radical (unpaired) electrons. The number of rotatable bonds is 5. The van der Waals surface area contributed by atoms with Crippen LogP contribution < -0.4 is 5.32 Å². The summed E-state index contributed by atoms with van der Waals surface area (Å²) >= 11 is 9.29. The molecule has 1 N–H and O–H groups in total. The number of carbonyl (C=O) groups excluding carboxylic acids is 1. The van der Waals surface area contributed by atoms with E-state index in [-0.39, 0.29) is 34.2 Å². The molecule has 0 bridgehead atoms. The number of aromatic nitrogens is 2. The summed E-state index contributed by atoms with van der Waals surface area (Å²) in [6.07, 6.45) is 1.56. The lowest BCUT2D eigenvalue weighted by Gasteiger charge is -2.06. The molecule has 0 fully saturated rings. The van der Waals surface area contributed by atoms with Crippen LogP contribution in [0.4, 0.5) is 15.9 Å². The van der Waals surface area contributed by atoms with E-state index in [0.29, 0.717) is 4.47 Å². The molecule has 0 saturated carbocycles. The van der Waals surface area contributed by atoms with Crippen molar-refractivity contribution in [2.75, 3.05) is 5.32 Å². The number of hydrogen-bond acceptors (Lipinski definition) is 4. The highest BCUT2D eigenvalue weighted by molar-refractivity contribution is 9.10. The zero-order valence-electron chi connectivity index (χ0n) is 13.5. The summed E-state index contributed by atoms with van der Waals surface area (Å²) in [4.78, 5) is 22.6. The first-order chi connectivity index (χ1) is 12.8. The minimum atomic E-state index is -0.584. The highest BCUT2D eigenvalue weighted by atomic mass is 79.9. The topological polar surface area (TPSA) is 90.1 Å². The van der Waals surface area contributed by atoms with Crippen LogP contribution in [0.15, 0.2) is 53.1 Å². The molecule has 0 spiro atoms. The van der Waals surface area contributed by atoms with Crippen LogP contribution in [-0.2, 0) is 6.54 Å². The molecule has 0 saturated heterocycles. The predicted molar refractivity (Wildman–Crippen MR) is 101 cm³/mol.